The SMILES string of the molecule is COc1cc(C)c(C(O)C(CC(=O)O)NCCO)c(C)c1. The Morgan fingerprint density at radius 1 is 1.33 bits per heavy atom. The molecular weight excluding hydrogens is 274 g/mol. The average Bonchev–Trinajstić information content (AvgIpc) is 2.41. The molecule has 1 rings (SSSR count). The number of nitrogens with one attached hydrogen (secondary N) is 1. The highest BCUT2D eigenvalue weighted by molar-refractivity contribution is 5.67. The van der Waals surface area contributed by atoms with Crippen LogP contribution in [0.3, 0.4) is 0 Å². The summed E-state index contributed by atoms with van der Waals surface area (Å²) in [7, 11) is 1.57. The smallest absolute Gasteiger partial charge is 0.305 e. The molecular formula is C15H23NO5. The molecule has 6 nitrogen and oxygen atoms in total. The van der Waals surface area contributed by atoms with Gasteiger partial charge < -0.3 is 25.4 Å². The van der Waals surface area contributed by atoms with Crippen LogP contribution in [-0.2, 0) is 4.79 Å². The highest BCUT2D eigenvalue weighted by Gasteiger charge is 2.26. The molecule has 0 saturated carbocycles. The van der Waals surface area contributed by atoms with Crippen LogP contribution in [0, 0.1) is 13.8 Å². The Kier molecular flexibility index (Phi) is 6.61. The quantitative estimate of drug-likeness (QED) is 0.566. The van der Waals surface area contributed by atoms with Crippen LogP contribution in [0.25, 0.3) is 0 Å². The van der Waals surface area contributed by atoms with E-state index in [1.165, 1.54) is 0 Å². The van der Waals surface area contributed by atoms with Crippen LogP contribution in [0.4, 0.5) is 0 Å². The molecule has 0 radical (unpaired) electrons. The van der Waals surface area contributed by atoms with Crippen molar-refractivity contribution in [1.82, 2.24) is 5.32 Å². The maximum atomic E-state index is 10.9. The van der Waals surface area contributed by atoms with Gasteiger partial charge >= 0.3 is 5.97 Å². The van der Waals surface area contributed by atoms with E-state index in [0.29, 0.717) is 11.3 Å². The molecule has 6 heteroatoms. The van der Waals surface area contributed by atoms with Crippen LogP contribution >= 0.6 is 0 Å². The predicted octanol–water partition coefficient (Wildman–Crippen LogP) is 0.771. The molecule has 1 aromatic carbocycles. The van der Waals surface area contributed by atoms with Crippen LogP contribution in [-0.4, -0.2) is 47.6 Å². The molecule has 21 heavy (non-hydrogen) atoms. The van der Waals surface area contributed by atoms with Crippen molar-refractivity contribution in [2.24, 2.45) is 0 Å². The molecule has 118 valence electrons. The first-order valence-electron chi connectivity index (χ1n) is 6.80. The highest BCUT2D eigenvalue weighted by Crippen LogP contribution is 2.29. The number of carbonyl (C=O) groups is 1. The normalized spacial score (nSPS) is 13.8. The minimum atomic E-state index is -1.01. The van der Waals surface area contributed by atoms with Gasteiger partial charge in [-0.3, -0.25) is 4.79 Å². The third kappa shape index (κ3) is 4.70. The summed E-state index contributed by atoms with van der Waals surface area (Å²) in [6.45, 7) is 3.79. The van der Waals surface area contributed by atoms with E-state index in [1.54, 1.807) is 19.2 Å². The van der Waals surface area contributed by atoms with E-state index >= 15 is 0 Å². The van der Waals surface area contributed by atoms with Crippen molar-refractivity contribution in [3.63, 3.8) is 0 Å². The van der Waals surface area contributed by atoms with E-state index in [4.69, 9.17) is 14.9 Å². The van der Waals surface area contributed by atoms with Crippen LogP contribution in [0.5, 0.6) is 5.75 Å². The maximum Gasteiger partial charge on any atom is 0.305 e. The van der Waals surface area contributed by atoms with Crippen molar-refractivity contribution in [3.05, 3.63) is 28.8 Å². The topological polar surface area (TPSA) is 99.0 Å². The van der Waals surface area contributed by atoms with E-state index in [1.807, 2.05) is 13.8 Å². The number of hydrogen-bond acceptors (Lipinski definition) is 5. The van der Waals surface area contributed by atoms with E-state index in [2.05, 4.69) is 5.32 Å². The lowest BCUT2D eigenvalue weighted by molar-refractivity contribution is -0.138. The second-order valence-corrected chi connectivity index (χ2v) is 5.00. The third-order valence-corrected chi connectivity index (χ3v) is 3.39. The lowest BCUT2D eigenvalue weighted by Gasteiger charge is -2.26. The Morgan fingerprint density at radius 3 is 2.33 bits per heavy atom. The van der Waals surface area contributed by atoms with E-state index < -0.39 is 18.1 Å². The van der Waals surface area contributed by atoms with Crippen LogP contribution in [0.15, 0.2) is 12.1 Å². The average molecular weight is 297 g/mol. The maximum absolute atomic E-state index is 10.9. The van der Waals surface area contributed by atoms with Gasteiger partial charge in [0.2, 0.25) is 0 Å². The molecule has 0 aliphatic rings. The number of rotatable bonds is 8. The van der Waals surface area contributed by atoms with E-state index in [-0.39, 0.29) is 19.6 Å². The van der Waals surface area contributed by atoms with Gasteiger partial charge in [0.05, 0.1) is 26.2 Å². The van der Waals surface area contributed by atoms with Gasteiger partial charge in [-0.05, 0) is 42.7 Å². The Labute approximate surface area is 124 Å². The monoisotopic (exact) mass is 297 g/mol. The Balaban J connectivity index is 3.07. The lowest BCUT2D eigenvalue weighted by Crippen LogP contribution is -2.39. The number of aliphatic hydroxyl groups is 2. The molecule has 0 bridgehead atoms. The zero-order valence-electron chi connectivity index (χ0n) is 12.6. The van der Waals surface area contributed by atoms with Crippen molar-refractivity contribution in [2.75, 3.05) is 20.3 Å². The molecule has 0 aliphatic carbocycles. The molecule has 2 atom stereocenters. The number of benzene rings is 1. The summed E-state index contributed by atoms with van der Waals surface area (Å²) in [4.78, 5) is 10.9. The Bertz CT molecular complexity index is 466. The molecule has 0 fully saturated rings. The predicted molar refractivity (Wildman–Crippen MR) is 78.6 cm³/mol. The zero-order chi connectivity index (χ0) is 16.0. The van der Waals surface area contributed by atoms with Crippen LogP contribution in [0.2, 0.25) is 0 Å². The van der Waals surface area contributed by atoms with Crippen molar-refractivity contribution in [1.29, 1.82) is 0 Å². The minimum Gasteiger partial charge on any atom is -0.497 e. The van der Waals surface area contributed by atoms with Gasteiger partial charge in [0, 0.05) is 12.6 Å². The minimum absolute atomic E-state index is 0.122. The number of ether oxygens (including phenoxy) is 1. The zero-order valence-corrected chi connectivity index (χ0v) is 12.6. The summed E-state index contributed by atoms with van der Waals surface area (Å²) in [6, 6.07) is 2.94. The van der Waals surface area contributed by atoms with E-state index in [0.717, 1.165) is 11.1 Å². The second kappa shape index (κ2) is 7.97. The van der Waals surface area contributed by atoms with Gasteiger partial charge in [-0.25, -0.2) is 0 Å². The first kappa shape index (κ1) is 17.4. The Morgan fingerprint density at radius 2 is 1.90 bits per heavy atom. The fourth-order valence-electron chi connectivity index (χ4n) is 2.45. The van der Waals surface area contributed by atoms with Gasteiger partial charge in [0.25, 0.3) is 0 Å². The number of methoxy groups -OCH3 is 1. The number of carboxylic acid groups (broad SMARTS) is 1. The summed E-state index contributed by atoms with van der Waals surface area (Å²) in [5.41, 5.74) is 2.36. The Hall–Kier alpha value is -1.63. The fraction of sp³-hybridized carbons (Fsp3) is 0.533. The molecule has 0 saturated heterocycles. The summed E-state index contributed by atoms with van der Waals surface area (Å²) in [5.74, 6) is -0.313. The summed E-state index contributed by atoms with van der Waals surface area (Å²) >= 11 is 0. The van der Waals surface area contributed by atoms with Crippen molar-refractivity contribution in [3.8, 4) is 5.75 Å². The largest absolute Gasteiger partial charge is 0.497 e. The summed E-state index contributed by atoms with van der Waals surface area (Å²) in [5, 5.41) is 31.2. The van der Waals surface area contributed by atoms with Gasteiger partial charge in [0.15, 0.2) is 0 Å². The summed E-state index contributed by atoms with van der Waals surface area (Å²) in [6.07, 6.45) is -1.20. The van der Waals surface area contributed by atoms with Gasteiger partial charge in [-0.1, -0.05) is 0 Å². The standard InChI is InChI=1S/C15H23NO5/c1-9-6-11(21-3)7-10(2)14(9)15(20)12(8-13(18)19)16-4-5-17/h6-7,12,15-17,20H,4-5,8H2,1-3H3,(H,18,19). The van der Waals surface area contributed by atoms with Crippen LogP contribution in [0.1, 0.15) is 29.2 Å². The fourth-order valence-corrected chi connectivity index (χ4v) is 2.45. The first-order valence-corrected chi connectivity index (χ1v) is 6.80. The highest BCUT2D eigenvalue weighted by atomic mass is 16.5. The number of aryl methyl sites for hydroxylation is 2. The number of carboxylic acids is 1. The number of aliphatic carboxylic acids is 1. The molecule has 0 amide bonds. The number of aliphatic hydroxyl groups excluding tert-OH is 2. The van der Waals surface area contributed by atoms with Crippen molar-refractivity contribution < 1.29 is 24.9 Å². The molecule has 0 spiro atoms. The van der Waals surface area contributed by atoms with Crippen LogP contribution < -0.4 is 10.1 Å². The van der Waals surface area contributed by atoms with Gasteiger partial charge in [0.1, 0.15) is 5.75 Å². The molecule has 2 unspecified atom stereocenters. The van der Waals surface area contributed by atoms with Gasteiger partial charge in [-0.2, -0.15) is 0 Å². The van der Waals surface area contributed by atoms with Crippen molar-refractivity contribution >= 4 is 5.97 Å². The molecule has 1 aromatic rings. The third-order valence-electron chi connectivity index (χ3n) is 3.39. The van der Waals surface area contributed by atoms with E-state index in [9.17, 15) is 9.90 Å². The lowest BCUT2D eigenvalue weighted by atomic mass is 9.92. The molecule has 0 heterocycles. The summed E-state index contributed by atoms with van der Waals surface area (Å²) < 4.78 is 5.18. The van der Waals surface area contributed by atoms with Crippen molar-refractivity contribution in [2.45, 2.75) is 32.4 Å². The molecule has 0 aliphatic heterocycles. The molecule has 4 N–H and O–H groups in total. The second-order valence-electron chi connectivity index (χ2n) is 5.00. The first-order chi connectivity index (χ1) is 9.90. The number of hydrogen-bond donors (Lipinski definition) is 4. The van der Waals surface area contributed by atoms with Gasteiger partial charge in [-0.15, -0.1) is 0 Å². The molecule has 0 aromatic heterocycles.